The Hall–Kier alpha value is -3.21. The first-order valence-electron chi connectivity index (χ1n) is 13.3. The van der Waals surface area contributed by atoms with Crippen molar-refractivity contribution in [1.29, 1.82) is 0 Å². The molecular formula is C30H36ClN3O5S2. The van der Waals surface area contributed by atoms with Gasteiger partial charge in [0.2, 0.25) is 11.8 Å². The second-order valence-electron chi connectivity index (χ2n) is 9.23. The van der Waals surface area contributed by atoms with E-state index in [0.717, 1.165) is 21.2 Å². The molecule has 0 spiro atoms. The van der Waals surface area contributed by atoms with Crippen molar-refractivity contribution in [3.63, 3.8) is 0 Å². The van der Waals surface area contributed by atoms with Crippen LogP contribution in [0.1, 0.15) is 32.8 Å². The molecule has 3 aromatic carbocycles. The monoisotopic (exact) mass is 617 g/mol. The molecule has 11 heteroatoms. The summed E-state index contributed by atoms with van der Waals surface area (Å²) in [5.41, 5.74) is 1.05. The Kier molecular flexibility index (Phi) is 11.9. The number of halogens is 1. The van der Waals surface area contributed by atoms with E-state index in [9.17, 15) is 18.0 Å². The maximum absolute atomic E-state index is 14.0. The quantitative estimate of drug-likeness (QED) is 0.237. The number of rotatable bonds is 14. The van der Waals surface area contributed by atoms with E-state index >= 15 is 0 Å². The zero-order valence-corrected chi connectivity index (χ0v) is 26.1. The molecule has 0 heterocycles. The largest absolute Gasteiger partial charge is 0.494 e. The fourth-order valence-electron chi connectivity index (χ4n) is 4.04. The Morgan fingerprint density at radius 1 is 0.976 bits per heavy atom. The van der Waals surface area contributed by atoms with Crippen LogP contribution in [-0.2, 0) is 26.2 Å². The molecule has 0 radical (unpaired) electrons. The molecule has 1 atom stereocenters. The van der Waals surface area contributed by atoms with Gasteiger partial charge in [-0.1, -0.05) is 30.7 Å². The number of benzene rings is 3. The van der Waals surface area contributed by atoms with E-state index in [1.165, 1.54) is 28.8 Å². The van der Waals surface area contributed by atoms with Gasteiger partial charge in [0.1, 0.15) is 18.3 Å². The first kappa shape index (κ1) is 32.3. The Morgan fingerprint density at radius 2 is 1.61 bits per heavy atom. The maximum atomic E-state index is 14.0. The number of hydrogen-bond donors (Lipinski definition) is 1. The number of amides is 2. The van der Waals surface area contributed by atoms with Crippen molar-refractivity contribution < 1.29 is 22.7 Å². The number of sulfonamides is 1. The van der Waals surface area contributed by atoms with Gasteiger partial charge in [0, 0.05) is 23.0 Å². The van der Waals surface area contributed by atoms with Crippen molar-refractivity contribution in [2.75, 3.05) is 30.3 Å². The van der Waals surface area contributed by atoms with E-state index in [1.807, 2.05) is 20.1 Å². The highest BCUT2D eigenvalue weighted by molar-refractivity contribution is 7.98. The van der Waals surface area contributed by atoms with Crippen LogP contribution in [0.4, 0.5) is 5.69 Å². The average Bonchev–Trinajstić information content (AvgIpc) is 2.98. The maximum Gasteiger partial charge on any atom is 0.264 e. The second kappa shape index (κ2) is 15.1. The number of hydrogen-bond acceptors (Lipinski definition) is 6. The van der Waals surface area contributed by atoms with Gasteiger partial charge in [-0.3, -0.25) is 13.9 Å². The molecule has 0 aliphatic carbocycles. The third-order valence-corrected chi connectivity index (χ3v) is 9.13. The molecule has 2 amide bonds. The lowest BCUT2D eigenvalue weighted by Gasteiger charge is -2.32. The van der Waals surface area contributed by atoms with Gasteiger partial charge in [0.05, 0.1) is 17.2 Å². The van der Waals surface area contributed by atoms with Crippen LogP contribution in [0.2, 0.25) is 5.02 Å². The SMILES string of the molecule is CCCNC(=O)C(C)N(Cc1ccc(Cl)cc1)C(=O)CN(c1ccc(OCC)cc1)S(=O)(=O)c1ccc(SC)cc1. The van der Waals surface area contributed by atoms with Crippen LogP contribution < -0.4 is 14.4 Å². The van der Waals surface area contributed by atoms with Gasteiger partial charge in [-0.05, 0) is 92.8 Å². The molecule has 0 saturated carbocycles. The highest BCUT2D eigenvalue weighted by atomic mass is 35.5. The fraction of sp³-hybridized carbons (Fsp3) is 0.333. The summed E-state index contributed by atoms with van der Waals surface area (Å²) in [6.45, 7) is 5.93. The highest BCUT2D eigenvalue weighted by Crippen LogP contribution is 2.28. The topological polar surface area (TPSA) is 96.0 Å². The molecule has 0 aliphatic rings. The number of nitrogens with one attached hydrogen (secondary N) is 1. The van der Waals surface area contributed by atoms with Crippen LogP contribution in [0.25, 0.3) is 0 Å². The summed E-state index contributed by atoms with van der Waals surface area (Å²) in [4.78, 5) is 29.3. The van der Waals surface area contributed by atoms with Gasteiger partial charge in [-0.15, -0.1) is 11.8 Å². The van der Waals surface area contributed by atoms with Crippen LogP contribution >= 0.6 is 23.4 Å². The minimum Gasteiger partial charge on any atom is -0.494 e. The molecule has 41 heavy (non-hydrogen) atoms. The van der Waals surface area contributed by atoms with E-state index in [1.54, 1.807) is 67.6 Å². The zero-order valence-electron chi connectivity index (χ0n) is 23.7. The van der Waals surface area contributed by atoms with Crippen molar-refractivity contribution >= 4 is 50.9 Å². The van der Waals surface area contributed by atoms with Gasteiger partial charge < -0.3 is 15.0 Å². The molecular weight excluding hydrogens is 582 g/mol. The lowest BCUT2D eigenvalue weighted by Crippen LogP contribution is -2.51. The van der Waals surface area contributed by atoms with E-state index in [-0.39, 0.29) is 17.3 Å². The van der Waals surface area contributed by atoms with Crippen molar-refractivity contribution in [2.45, 2.75) is 49.6 Å². The molecule has 0 aromatic heterocycles. The summed E-state index contributed by atoms with van der Waals surface area (Å²) in [7, 11) is -4.15. The van der Waals surface area contributed by atoms with Gasteiger partial charge in [-0.25, -0.2) is 8.42 Å². The Labute approximate surface area is 252 Å². The third-order valence-electron chi connectivity index (χ3n) is 6.34. The standard InChI is InChI=1S/C30H36ClN3O5S2/c1-5-19-32-30(36)22(3)33(20-23-7-9-24(31)10-8-23)29(35)21-34(25-11-13-26(14-12-25)39-6-2)41(37,38)28-17-15-27(40-4)16-18-28/h7-18,22H,5-6,19-21H2,1-4H3,(H,32,36). The second-order valence-corrected chi connectivity index (χ2v) is 12.4. The molecule has 0 bridgehead atoms. The lowest BCUT2D eigenvalue weighted by molar-refractivity contribution is -0.139. The van der Waals surface area contributed by atoms with Crippen molar-refractivity contribution in [3.05, 3.63) is 83.4 Å². The van der Waals surface area contributed by atoms with Crippen molar-refractivity contribution in [1.82, 2.24) is 10.2 Å². The fourth-order valence-corrected chi connectivity index (χ4v) is 5.99. The molecule has 1 unspecified atom stereocenters. The highest BCUT2D eigenvalue weighted by Gasteiger charge is 2.32. The predicted octanol–water partition coefficient (Wildman–Crippen LogP) is 5.60. The minimum atomic E-state index is -4.15. The van der Waals surface area contributed by atoms with Crippen LogP contribution in [0, 0.1) is 0 Å². The summed E-state index contributed by atoms with van der Waals surface area (Å²) >= 11 is 7.55. The normalized spacial score (nSPS) is 11.9. The minimum absolute atomic E-state index is 0.0509. The summed E-state index contributed by atoms with van der Waals surface area (Å²) in [5.74, 6) is -0.274. The number of carbonyl (C=O) groups excluding carboxylic acids is 2. The Bertz CT molecular complexity index is 1400. The van der Waals surface area contributed by atoms with Crippen LogP contribution in [-0.4, -0.2) is 57.1 Å². The predicted molar refractivity (Wildman–Crippen MR) is 165 cm³/mol. The third kappa shape index (κ3) is 8.64. The van der Waals surface area contributed by atoms with Crippen LogP contribution in [0.5, 0.6) is 5.75 Å². The summed E-state index contributed by atoms with van der Waals surface area (Å²) < 4.78 is 34.5. The number of thioether (sulfide) groups is 1. The van der Waals surface area contributed by atoms with Crippen molar-refractivity contribution in [3.8, 4) is 5.75 Å². The lowest BCUT2D eigenvalue weighted by atomic mass is 10.1. The molecule has 1 N–H and O–H groups in total. The number of carbonyl (C=O) groups is 2. The molecule has 0 aliphatic heterocycles. The number of anilines is 1. The molecule has 0 saturated heterocycles. The van der Waals surface area contributed by atoms with E-state index in [4.69, 9.17) is 16.3 Å². The summed E-state index contributed by atoms with van der Waals surface area (Å²) in [6, 6.07) is 19.1. The summed E-state index contributed by atoms with van der Waals surface area (Å²) in [5, 5.41) is 3.37. The molecule has 220 valence electrons. The van der Waals surface area contributed by atoms with Gasteiger partial charge in [-0.2, -0.15) is 0 Å². The first-order chi connectivity index (χ1) is 19.6. The van der Waals surface area contributed by atoms with Crippen LogP contribution in [0.15, 0.2) is 82.6 Å². The number of ether oxygens (including phenoxy) is 1. The van der Waals surface area contributed by atoms with E-state index < -0.39 is 28.5 Å². The van der Waals surface area contributed by atoms with Crippen LogP contribution in [0.3, 0.4) is 0 Å². The molecule has 0 fully saturated rings. The molecule has 8 nitrogen and oxygen atoms in total. The molecule has 3 aromatic rings. The Morgan fingerprint density at radius 3 is 2.17 bits per heavy atom. The Balaban J connectivity index is 2.02. The van der Waals surface area contributed by atoms with Crippen molar-refractivity contribution in [2.24, 2.45) is 0 Å². The zero-order chi connectivity index (χ0) is 30.0. The number of nitrogens with zero attached hydrogens (tertiary/aromatic N) is 2. The summed E-state index contributed by atoms with van der Waals surface area (Å²) in [6.07, 6.45) is 2.64. The van der Waals surface area contributed by atoms with E-state index in [0.29, 0.717) is 29.6 Å². The molecule has 3 rings (SSSR count). The first-order valence-corrected chi connectivity index (χ1v) is 16.4. The van der Waals surface area contributed by atoms with Gasteiger partial charge in [0.25, 0.3) is 10.0 Å². The van der Waals surface area contributed by atoms with E-state index in [2.05, 4.69) is 5.32 Å². The smallest absolute Gasteiger partial charge is 0.264 e. The average molecular weight is 618 g/mol. The van der Waals surface area contributed by atoms with Gasteiger partial charge >= 0.3 is 0 Å². The van der Waals surface area contributed by atoms with Gasteiger partial charge in [0.15, 0.2) is 0 Å².